The van der Waals surface area contributed by atoms with Crippen molar-refractivity contribution in [2.24, 2.45) is 5.90 Å². The molecule has 1 saturated heterocycles. The van der Waals surface area contributed by atoms with Crippen LogP contribution in [0.3, 0.4) is 0 Å². The molecule has 180 valence electrons. The SMILES string of the molecule is C.Cc1cc(OC2CC2)ccc1N1CCCC1.NOF.Oc1ccc(Cc2cn[nH]c2)cc1. The van der Waals surface area contributed by atoms with E-state index in [1.165, 1.54) is 55.6 Å². The smallest absolute Gasteiger partial charge is 0.120 e. The summed E-state index contributed by atoms with van der Waals surface area (Å²) >= 11 is 0. The molecular formula is C25H35FN4O3. The van der Waals surface area contributed by atoms with Crippen molar-refractivity contribution in [3.8, 4) is 11.5 Å². The lowest BCUT2D eigenvalue weighted by atomic mass is 10.1. The molecule has 2 aromatic carbocycles. The molecule has 0 amide bonds. The van der Waals surface area contributed by atoms with Gasteiger partial charge in [-0.05, 0) is 84.2 Å². The van der Waals surface area contributed by atoms with E-state index < -0.39 is 0 Å². The number of aromatic amines is 1. The van der Waals surface area contributed by atoms with Crippen LogP contribution in [0.5, 0.6) is 11.5 Å². The standard InChI is InChI=1S/C14H19NO.C10H10N2O.CH4.FH2NO/c1-11-10-13(16-12-4-5-12)6-7-14(11)15-8-2-3-9-15;13-10-3-1-8(2-4-10)5-9-6-11-12-7-9;;1-3-2/h6-7,10,12H,2-5,8-9H2,1H3;1-4,6-7,13H,5H2,(H,11,12);1H4;2H2. The van der Waals surface area contributed by atoms with Crippen LogP contribution in [-0.4, -0.2) is 34.5 Å². The Morgan fingerprint density at radius 3 is 2.33 bits per heavy atom. The van der Waals surface area contributed by atoms with Crippen LogP contribution in [-0.2, 0) is 11.5 Å². The first-order valence-corrected chi connectivity index (χ1v) is 10.8. The van der Waals surface area contributed by atoms with E-state index in [0.717, 1.165) is 17.7 Å². The van der Waals surface area contributed by atoms with Gasteiger partial charge in [-0.3, -0.25) is 5.10 Å². The Balaban J connectivity index is 0.000000207. The molecule has 5 rings (SSSR count). The number of benzene rings is 2. The van der Waals surface area contributed by atoms with Gasteiger partial charge in [-0.15, -0.1) is 5.04 Å². The Kier molecular flexibility index (Phi) is 10.7. The van der Waals surface area contributed by atoms with E-state index in [9.17, 15) is 4.53 Å². The number of nitrogens with two attached hydrogens (primary N) is 1. The summed E-state index contributed by atoms with van der Waals surface area (Å²) in [6.07, 6.45) is 10.1. The minimum atomic E-state index is 0. The average molecular weight is 459 g/mol. The van der Waals surface area contributed by atoms with E-state index in [0.29, 0.717) is 11.9 Å². The molecule has 4 N–H and O–H groups in total. The van der Waals surface area contributed by atoms with E-state index in [2.05, 4.69) is 51.2 Å². The zero-order chi connectivity index (χ0) is 22.8. The fraction of sp³-hybridized carbons (Fsp3) is 0.400. The molecule has 33 heavy (non-hydrogen) atoms. The van der Waals surface area contributed by atoms with Crippen molar-refractivity contribution in [3.05, 3.63) is 71.5 Å². The predicted molar refractivity (Wildman–Crippen MR) is 129 cm³/mol. The van der Waals surface area contributed by atoms with Crippen LogP contribution in [0.15, 0.2) is 54.9 Å². The molecule has 1 aliphatic heterocycles. The number of phenolic OH excluding ortho intramolecular Hbond substituents is 1. The largest absolute Gasteiger partial charge is 0.508 e. The van der Waals surface area contributed by atoms with Gasteiger partial charge in [0.15, 0.2) is 0 Å². The molecule has 8 heteroatoms. The first-order chi connectivity index (χ1) is 15.6. The average Bonchev–Trinajstić information content (AvgIpc) is 3.21. The third-order valence-corrected chi connectivity index (χ3v) is 5.34. The second-order valence-electron chi connectivity index (χ2n) is 8.00. The van der Waals surface area contributed by atoms with E-state index in [1.807, 2.05) is 18.3 Å². The molecule has 7 nitrogen and oxygen atoms in total. The van der Waals surface area contributed by atoms with Gasteiger partial charge in [0, 0.05) is 31.4 Å². The van der Waals surface area contributed by atoms with E-state index in [-0.39, 0.29) is 7.43 Å². The lowest BCUT2D eigenvalue weighted by molar-refractivity contribution is -0.136. The monoisotopic (exact) mass is 458 g/mol. The van der Waals surface area contributed by atoms with Gasteiger partial charge in [-0.25, -0.2) is 0 Å². The van der Waals surface area contributed by atoms with Crippen molar-refractivity contribution in [1.82, 2.24) is 10.2 Å². The molecule has 0 spiro atoms. The van der Waals surface area contributed by atoms with E-state index in [1.54, 1.807) is 18.3 Å². The Labute approximate surface area is 195 Å². The molecule has 3 aromatic rings. The third kappa shape index (κ3) is 8.75. The summed E-state index contributed by atoms with van der Waals surface area (Å²) in [5.74, 6) is 5.03. The first kappa shape index (κ1) is 26.2. The highest BCUT2D eigenvalue weighted by Gasteiger charge is 2.24. The minimum absolute atomic E-state index is 0. The molecular weight excluding hydrogens is 423 g/mol. The first-order valence-electron chi connectivity index (χ1n) is 10.8. The van der Waals surface area contributed by atoms with Crippen molar-refractivity contribution in [1.29, 1.82) is 0 Å². The Morgan fingerprint density at radius 1 is 1.12 bits per heavy atom. The van der Waals surface area contributed by atoms with Gasteiger partial charge in [-0.1, -0.05) is 19.6 Å². The number of aromatic hydroxyl groups is 1. The number of nitrogens with one attached hydrogen (secondary N) is 1. The molecule has 2 heterocycles. The highest BCUT2D eigenvalue weighted by molar-refractivity contribution is 5.56. The van der Waals surface area contributed by atoms with Crippen LogP contribution in [0, 0.1) is 6.92 Å². The second kappa shape index (κ2) is 13.4. The van der Waals surface area contributed by atoms with Crippen molar-refractivity contribution in [3.63, 3.8) is 0 Å². The summed E-state index contributed by atoms with van der Waals surface area (Å²) in [5, 5.41) is 17.9. The van der Waals surface area contributed by atoms with Crippen LogP contribution in [0.1, 0.15) is 49.8 Å². The van der Waals surface area contributed by atoms with Crippen molar-refractivity contribution in [2.45, 2.75) is 52.6 Å². The van der Waals surface area contributed by atoms with Crippen LogP contribution < -0.4 is 15.5 Å². The summed E-state index contributed by atoms with van der Waals surface area (Å²) in [6.45, 7) is 4.61. The van der Waals surface area contributed by atoms with Gasteiger partial charge in [0.1, 0.15) is 11.5 Å². The summed E-state index contributed by atoms with van der Waals surface area (Å²) in [6, 6.07) is 13.7. The van der Waals surface area contributed by atoms with Crippen LogP contribution in [0.25, 0.3) is 0 Å². The number of hydrogen-bond acceptors (Lipinski definition) is 6. The third-order valence-electron chi connectivity index (χ3n) is 5.34. The Bertz CT molecular complexity index is 925. The number of halogens is 1. The molecule has 0 unspecified atom stereocenters. The maximum absolute atomic E-state index is 9.57. The highest BCUT2D eigenvalue weighted by atomic mass is 19.3. The van der Waals surface area contributed by atoms with Crippen LogP contribution in [0.4, 0.5) is 10.2 Å². The normalized spacial score (nSPS) is 14.3. The van der Waals surface area contributed by atoms with Gasteiger partial charge < -0.3 is 14.7 Å². The Hall–Kier alpha value is -3.10. The van der Waals surface area contributed by atoms with Crippen molar-refractivity contribution < 1.29 is 19.4 Å². The van der Waals surface area contributed by atoms with Gasteiger partial charge in [-0.2, -0.15) is 11.0 Å². The number of ether oxygens (including phenoxy) is 1. The molecule has 0 radical (unpaired) electrons. The lowest BCUT2D eigenvalue weighted by Gasteiger charge is -2.20. The second-order valence-corrected chi connectivity index (χ2v) is 8.00. The topological polar surface area (TPSA) is 96.6 Å². The molecule has 2 fully saturated rings. The fourth-order valence-corrected chi connectivity index (χ4v) is 3.62. The zero-order valence-corrected chi connectivity index (χ0v) is 18.3. The minimum Gasteiger partial charge on any atom is -0.508 e. The van der Waals surface area contributed by atoms with Gasteiger partial charge in [0.05, 0.1) is 12.3 Å². The number of phenols is 1. The number of aromatic nitrogens is 2. The maximum Gasteiger partial charge on any atom is 0.120 e. The van der Waals surface area contributed by atoms with Gasteiger partial charge in [0.2, 0.25) is 0 Å². The summed E-state index contributed by atoms with van der Waals surface area (Å²) in [5.41, 5.74) is 5.05. The number of H-pyrrole nitrogens is 1. The quantitative estimate of drug-likeness (QED) is 0.453. The van der Waals surface area contributed by atoms with Gasteiger partial charge in [0.25, 0.3) is 0 Å². The number of rotatable bonds is 5. The zero-order valence-electron chi connectivity index (χ0n) is 18.3. The fourth-order valence-electron chi connectivity index (χ4n) is 3.62. The van der Waals surface area contributed by atoms with Crippen molar-refractivity contribution >= 4 is 5.69 Å². The summed E-state index contributed by atoms with van der Waals surface area (Å²) in [7, 11) is 0. The number of anilines is 1. The molecule has 1 saturated carbocycles. The van der Waals surface area contributed by atoms with E-state index >= 15 is 0 Å². The lowest BCUT2D eigenvalue weighted by Crippen LogP contribution is -2.18. The van der Waals surface area contributed by atoms with Crippen molar-refractivity contribution in [2.75, 3.05) is 18.0 Å². The van der Waals surface area contributed by atoms with Gasteiger partial charge >= 0.3 is 0 Å². The summed E-state index contributed by atoms with van der Waals surface area (Å²) < 4.78 is 15.4. The Morgan fingerprint density at radius 2 is 1.79 bits per heavy atom. The molecule has 2 aliphatic rings. The molecule has 1 aliphatic carbocycles. The number of aryl methyl sites for hydroxylation is 1. The van der Waals surface area contributed by atoms with E-state index in [4.69, 9.17) is 9.84 Å². The summed E-state index contributed by atoms with van der Waals surface area (Å²) in [4.78, 5) is 2.48. The number of hydrogen-bond donors (Lipinski definition) is 3. The maximum atomic E-state index is 9.57. The van der Waals surface area contributed by atoms with Crippen LogP contribution in [0.2, 0.25) is 0 Å². The highest BCUT2D eigenvalue weighted by Crippen LogP contribution is 2.31. The molecule has 0 bridgehead atoms. The molecule has 1 aromatic heterocycles. The predicted octanol–water partition coefficient (Wildman–Crippen LogP) is 5.24. The van der Waals surface area contributed by atoms with Crippen LogP contribution >= 0.6 is 0 Å². The molecule has 0 atom stereocenters. The number of nitrogens with zero attached hydrogens (tertiary/aromatic N) is 2.